The van der Waals surface area contributed by atoms with E-state index in [0.29, 0.717) is 25.1 Å². The molecule has 0 saturated heterocycles. The van der Waals surface area contributed by atoms with Gasteiger partial charge >= 0.3 is 6.09 Å². The average molecular weight is 329 g/mol. The first kappa shape index (κ1) is 20.8. The molecule has 0 saturated carbocycles. The first-order valence-corrected chi connectivity index (χ1v) is 7.10. The molecule has 0 unspecified atom stereocenters. The fourth-order valence-corrected chi connectivity index (χ4v) is 1.27. The molecule has 23 heavy (non-hydrogen) atoms. The lowest BCUT2D eigenvalue weighted by Gasteiger charge is -2.06. The summed E-state index contributed by atoms with van der Waals surface area (Å²) in [6.07, 6.45) is 0.605. The quantitative estimate of drug-likeness (QED) is 0.309. The Labute approximate surface area is 134 Å². The number of carbonyl (C=O) groups excluding carboxylic acids is 1. The Bertz CT molecular complexity index is 450. The zero-order chi connectivity index (χ0) is 17.5. The van der Waals surface area contributed by atoms with Crippen LogP contribution in [0.25, 0.3) is 0 Å². The van der Waals surface area contributed by atoms with Crippen molar-refractivity contribution in [3.8, 4) is 0 Å². The number of aliphatic hydroxyl groups excluding tert-OH is 2. The van der Waals surface area contributed by atoms with Gasteiger partial charge < -0.3 is 26.0 Å². The summed E-state index contributed by atoms with van der Waals surface area (Å²) in [6, 6.07) is 5.75. The van der Waals surface area contributed by atoms with E-state index in [1.807, 2.05) is 0 Å². The second kappa shape index (κ2) is 13.4. The van der Waals surface area contributed by atoms with E-state index >= 15 is 0 Å². The Balaban J connectivity index is 0.000000841. The van der Waals surface area contributed by atoms with Gasteiger partial charge in [0, 0.05) is 31.9 Å². The fraction of sp³-hybridized carbons (Fsp3) is 0.500. The van der Waals surface area contributed by atoms with Crippen LogP contribution in [0.4, 0.5) is 10.5 Å². The van der Waals surface area contributed by atoms with Crippen LogP contribution >= 0.6 is 0 Å². The summed E-state index contributed by atoms with van der Waals surface area (Å²) in [4.78, 5) is 21.1. The Morgan fingerprint density at radius 2 is 1.83 bits per heavy atom. The summed E-state index contributed by atoms with van der Waals surface area (Å²) < 4.78 is 4.87. The van der Waals surface area contributed by atoms with Crippen LogP contribution in [0.5, 0.6) is 0 Å². The van der Waals surface area contributed by atoms with Gasteiger partial charge in [-0.3, -0.25) is 10.1 Å². The van der Waals surface area contributed by atoms with Gasteiger partial charge in [-0.15, -0.1) is 0 Å². The molecule has 0 aliphatic rings. The Morgan fingerprint density at radius 1 is 1.22 bits per heavy atom. The molecule has 1 aromatic rings. The molecule has 0 radical (unpaired) electrons. The van der Waals surface area contributed by atoms with Gasteiger partial charge in [-0.1, -0.05) is 0 Å². The smallest absolute Gasteiger partial charge is 0.407 e. The van der Waals surface area contributed by atoms with Crippen LogP contribution in [0.2, 0.25) is 0 Å². The predicted molar refractivity (Wildman–Crippen MR) is 83.7 cm³/mol. The van der Waals surface area contributed by atoms with E-state index in [0.717, 1.165) is 6.42 Å². The number of nitrogens with one attached hydrogen (secondary N) is 1. The zero-order valence-electron chi connectivity index (χ0n) is 12.8. The summed E-state index contributed by atoms with van der Waals surface area (Å²) in [5.74, 6) is 0. The number of benzene rings is 1. The van der Waals surface area contributed by atoms with E-state index < -0.39 is 11.0 Å². The third-order valence-corrected chi connectivity index (χ3v) is 2.48. The van der Waals surface area contributed by atoms with Crippen LogP contribution in [-0.2, 0) is 11.3 Å². The number of rotatable bonds is 8. The molecule has 0 heterocycles. The van der Waals surface area contributed by atoms with E-state index in [1.165, 1.54) is 24.3 Å². The Morgan fingerprint density at radius 3 is 2.26 bits per heavy atom. The highest BCUT2D eigenvalue weighted by molar-refractivity contribution is 5.67. The second-order valence-electron chi connectivity index (χ2n) is 4.37. The minimum Gasteiger partial charge on any atom is -0.445 e. The average Bonchev–Trinajstić information content (AvgIpc) is 2.55. The predicted octanol–water partition coefficient (Wildman–Crippen LogP) is 0.531. The third-order valence-electron chi connectivity index (χ3n) is 2.48. The maximum Gasteiger partial charge on any atom is 0.407 e. The number of nitrogens with zero attached hydrogens (tertiary/aromatic N) is 1. The molecule has 1 amide bonds. The molecule has 0 bridgehead atoms. The summed E-state index contributed by atoms with van der Waals surface area (Å²) >= 11 is 0. The van der Waals surface area contributed by atoms with Crippen molar-refractivity contribution in [1.29, 1.82) is 0 Å². The van der Waals surface area contributed by atoms with Crippen LogP contribution in [-0.4, -0.2) is 47.5 Å². The number of nitro groups is 1. The summed E-state index contributed by atoms with van der Waals surface area (Å²) in [7, 11) is 0. The number of ether oxygens (including phenoxy) is 1. The van der Waals surface area contributed by atoms with Gasteiger partial charge in [-0.25, -0.2) is 4.79 Å². The second-order valence-corrected chi connectivity index (χ2v) is 4.37. The lowest BCUT2D eigenvalue weighted by Crippen LogP contribution is -2.25. The van der Waals surface area contributed by atoms with Crippen molar-refractivity contribution in [1.82, 2.24) is 5.32 Å². The van der Waals surface area contributed by atoms with Gasteiger partial charge in [0.25, 0.3) is 5.69 Å². The standard InChI is InChI=1S/C11H14N2O5.C3H9NO/c14-7-1-6-12-11(15)18-8-9-2-4-10(5-3-9)13(16)17;4-2-1-3-5/h2-5,14H,1,6-8H2,(H,12,15);5H,1-4H2. The fourth-order valence-electron chi connectivity index (χ4n) is 1.27. The van der Waals surface area contributed by atoms with Crippen molar-refractivity contribution < 1.29 is 24.7 Å². The van der Waals surface area contributed by atoms with Crippen LogP contribution in [0.3, 0.4) is 0 Å². The summed E-state index contributed by atoms with van der Waals surface area (Å²) in [5.41, 5.74) is 5.64. The van der Waals surface area contributed by atoms with Crippen molar-refractivity contribution in [3.63, 3.8) is 0 Å². The van der Waals surface area contributed by atoms with Gasteiger partial charge in [-0.2, -0.15) is 0 Å². The molecule has 9 nitrogen and oxygen atoms in total. The normalized spacial score (nSPS) is 9.52. The molecule has 1 aromatic carbocycles. The van der Waals surface area contributed by atoms with E-state index in [9.17, 15) is 14.9 Å². The van der Waals surface area contributed by atoms with Crippen molar-refractivity contribution in [2.75, 3.05) is 26.3 Å². The Hall–Kier alpha value is -2.23. The topological polar surface area (TPSA) is 148 Å². The SMILES string of the molecule is NCCCO.O=C(NCCCO)OCc1ccc([N+](=O)[O-])cc1. The van der Waals surface area contributed by atoms with Gasteiger partial charge in [0.15, 0.2) is 0 Å². The maximum absolute atomic E-state index is 11.1. The number of carbonyl (C=O) groups is 1. The number of non-ortho nitro benzene ring substituents is 1. The third kappa shape index (κ3) is 11.0. The van der Waals surface area contributed by atoms with Crippen LogP contribution in [0, 0.1) is 10.1 Å². The van der Waals surface area contributed by atoms with Crippen LogP contribution in [0.15, 0.2) is 24.3 Å². The molecular weight excluding hydrogens is 306 g/mol. The molecule has 0 aliphatic carbocycles. The van der Waals surface area contributed by atoms with Crippen molar-refractivity contribution in [2.24, 2.45) is 5.73 Å². The lowest BCUT2D eigenvalue weighted by molar-refractivity contribution is -0.384. The highest BCUT2D eigenvalue weighted by atomic mass is 16.6. The number of hydrogen-bond donors (Lipinski definition) is 4. The molecule has 0 fully saturated rings. The minimum absolute atomic E-state index is 0.00261. The molecule has 9 heteroatoms. The number of aliphatic hydroxyl groups is 2. The van der Waals surface area contributed by atoms with Crippen molar-refractivity contribution >= 4 is 11.8 Å². The number of nitro benzene ring substituents is 1. The van der Waals surface area contributed by atoms with E-state index in [1.54, 1.807) is 0 Å². The van der Waals surface area contributed by atoms with Crippen LogP contribution < -0.4 is 11.1 Å². The monoisotopic (exact) mass is 329 g/mol. The van der Waals surface area contributed by atoms with Gasteiger partial charge in [0.1, 0.15) is 6.61 Å². The molecule has 0 aliphatic heterocycles. The van der Waals surface area contributed by atoms with Crippen molar-refractivity contribution in [2.45, 2.75) is 19.4 Å². The molecular formula is C14H23N3O6. The Kier molecular flexibility index (Phi) is 12.1. The molecule has 0 atom stereocenters. The summed E-state index contributed by atoms with van der Waals surface area (Å²) in [5, 5.41) is 29.4. The molecule has 5 N–H and O–H groups in total. The lowest BCUT2D eigenvalue weighted by atomic mass is 10.2. The number of hydrogen-bond acceptors (Lipinski definition) is 7. The maximum atomic E-state index is 11.1. The van der Waals surface area contributed by atoms with Crippen molar-refractivity contribution in [3.05, 3.63) is 39.9 Å². The minimum atomic E-state index is -0.582. The highest BCUT2D eigenvalue weighted by Gasteiger charge is 2.05. The first-order chi connectivity index (χ1) is 11.0. The number of amides is 1. The van der Waals surface area contributed by atoms with E-state index in [4.69, 9.17) is 20.7 Å². The van der Waals surface area contributed by atoms with E-state index in [2.05, 4.69) is 5.32 Å². The zero-order valence-corrected chi connectivity index (χ0v) is 12.8. The summed E-state index contributed by atoms with van der Waals surface area (Å²) in [6.45, 7) is 1.20. The van der Waals surface area contributed by atoms with Gasteiger partial charge in [0.05, 0.1) is 4.92 Å². The van der Waals surface area contributed by atoms with Crippen LogP contribution in [0.1, 0.15) is 18.4 Å². The largest absolute Gasteiger partial charge is 0.445 e. The highest BCUT2D eigenvalue weighted by Crippen LogP contribution is 2.12. The van der Waals surface area contributed by atoms with E-state index in [-0.39, 0.29) is 25.5 Å². The number of nitrogens with two attached hydrogens (primary N) is 1. The van der Waals surface area contributed by atoms with Gasteiger partial charge in [-0.05, 0) is 37.1 Å². The molecule has 0 spiro atoms. The number of alkyl carbamates (subject to hydrolysis) is 1. The molecule has 1 rings (SSSR count). The molecule has 130 valence electrons. The van der Waals surface area contributed by atoms with Gasteiger partial charge in [0.2, 0.25) is 0 Å². The molecule has 0 aromatic heterocycles. The first-order valence-electron chi connectivity index (χ1n) is 7.10.